The summed E-state index contributed by atoms with van der Waals surface area (Å²) in [7, 11) is -4.56. The fourth-order valence-electron chi connectivity index (χ4n) is 0.845. The maximum absolute atomic E-state index is 12.2. The number of aromatic nitrogens is 2. The molecule has 1 rings (SSSR count). The quantitative estimate of drug-likeness (QED) is 0.560. The molecule has 0 spiro atoms. The summed E-state index contributed by atoms with van der Waals surface area (Å²) in [5.74, 6) is -0.768. The van der Waals surface area contributed by atoms with Crippen molar-refractivity contribution in [2.75, 3.05) is 0 Å². The van der Waals surface area contributed by atoms with Gasteiger partial charge in [-0.05, 0) is 24.6 Å². The molecule has 0 atom stereocenters. The number of halogens is 2. The predicted molar refractivity (Wildman–Crippen MR) is 45.5 cm³/mol. The van der Waals surface area contributed by atoms with Crippen LogP contribution < -0.4 is 0 Å². The smallest absolute Gasteiger partial charge is 0.223 e. The Balaban J connectivity index is 3.03. The van der Waals surface area contributed by atoms with Crippen LogP contribution in [0.1, 0.15) is 11.4 Å². The molecule has 0 aromatic carbocycles. The van der Waals surface area contributed by atoms with Crippen molar-refractivity contribution in [3.05, 3.63) is 22.7 Å². The molecule has 7 heteroatoms. The van der Waals surface area contributed by atoms with Crippen LogP contribution in [0.3, 0.4) is 0 Å². The van der Waals surface area contributed by atoms with E-state index < -0.39 is 16.0 Å². The van der Waals surface area contributed by atoms with Crippen molar-refractivity contribution in [2.24, 2.45) is 0 Å². The van der Waals surface area contributed by atoms with Crippen molar-refractivity contribution in [1.29, 1.82) is 0 Å². The second-order valence-corrected chi connectivity index (χ2v) is 4.16. The average Bonchev–Trinajstić information content (AvgIpc) is 1.78. The van der Waals surface area contributed by atoms with Crippen molar-refractivity contribution in [2.45, 2.75) is 12.7 Å². The lowest BCUT2D eigenvalue weighted by molar-refractivity contribution is 0.550. The van der Waals surface area contributed by atoms with Crippen LogP contribution >= 0.6 is 11.6 Å². The van der Waals surface area contributed by atoms with Crippen LogP contribution in [-0.4, -0.2) is 18.4 Å². The van der Waals surface area contributed by atoms with Crippen LogP contribution in [0.5, 0.6) is 0 Å². The molecule has 13 heavy (non-hydrogen) atoms. The highest BCUT2D eigenvalue weighted by Crippen LogP contribution is 2.09. The van der Waals surface area contributed by atoms with E-state index >= 15 is 0 Å². The second-order valence-electron chi connectivity index (χ2n) is 2.45. The number of nitrogens with zero attached hydrogens (tertiary/aromatic N) is 2. The standard InChI is InChI=1S/C6H6ClFN2O2S/c1-4-2-5(3-13(8,11)12)10-6(7)9-4/h2H,3H2,1H3. The molecule has 0 aliphatic heterocycles. The Labute approximate surface area is 80.0 Å². The van der Waals surface area contributed by atoms with Gasteiger partial charge in [-0.2, -0.15) is 8.42 Å². The molecule has 0 N–H and O–H groups in total. The Morgan fingerprint density at radius 2 is 2.15 bits per heavy atom. The van der Waals surface area contributed by atoms with Crippen molar-refractivity contribution >= 4 is 21.8 Å². The van der Waals surface area contributed by atoms with Crippen LogP contribution in [0.25, 0.3) is 0 Å². The maximum atomic E-state index is 12.2. The van der Waals surface area contributed by atoms with Gasteiger partial charge in [0.15, 0.2) is 0 Å². The lowest BCUT2D eigenvalue weighted by Crippen LogP contribution is -2.01. The molecule has 4 nitrogen and oxygen atoms in total. The van der Waals surface area contributed by atoms with E-state index in [0.29, 0.717) is 5.69 Å². The van der Waals surface area contributed by atoms with Gasteiger partial charge in [0.2, 0.25) is 5.28 Å². The fourth-order valence-corrected chi connectivity index (χ4v) is 1.59. The van der Waals surface area contributed by atoms with E-state index in [4.69, 9.17) is 11.6 Å². The normalized spacial score (nSPS) is 11.6. The first-order valence-corrected chi connectivity index (χ1v) is 5.22. The molecule has 0 aliphatic carbocycles. The summed E-state index contributed by atoms with van der Waals surface area (Å²) < 4.78 is 32.7. The Hall–Kier alpha value is -0.750. The van der Waals surface area contributed by atoms with Crippen LogP contribution in [-0.2, 0) is 16.0 Å². The summed E-state index contributed by atoms with van der Waals surface area (Å²) in [6.45, 7) is 1.61. The first-order chi connectivity index (χ1) is 5.87. The summed E-state index contributed by atoms with van der Waals surface area (Å²) >= 11 is 5.44. The minimum Gasteiger partial charge on any atom is -0.223 e. The molecule has 0 radical (unpaired) electrons. The molecule has 1 aromatic rings. The first-order valence-electron chi connectivity index (χ1n) is 3.29. The van der Waals surface area contributed by atoms with E-state index in [1.165, 1.54) is 6.07 Å². The van der Waals surface area contributed by atoms with Gasteiger partial charge in [0.25, 0.3) is 0 Å². The van der Waals surface area contributed by atoms with Crippen molar-refractivity contribution < 1.29 is 12.3 Å². The van der Waals surface area contributed by atoms with Crippen LogP contribution in [0.2, 0.25) is 5.28 Å². The van der Waals surface area contributed by atoms with Gasteiger partial charge >= 0.3 is 10.2 Å². The van der Waals surface area contributed by atoms with Gasteiger partial charge in [0, 0.05) is 5.69 Å². The molecule has 0 fully saturated rings. The van der Waals surface area contributed by atoms with E-state index in [-0.39, 0.29) is 11.0 Å². The molecule has 0 saturated heterocycles. The molecule has 72 valence electrons. The third kappa shape index (κ3) is 3.65. The first kappa shape index (κ1) is 10.3. The zero-order valence-electron chi connectivity index (χ0n) is 6.66. The van der Waals surface area contributed by atoms with Gasteiger partial charge in [-0.25, -0.2) is 9.97 Å². The van der Waals surface area contributed by atoms with Crippen LogP contribution in [0.15, 0.2) is 6.07 Å². The number of aryl methyl sites for hydroxylation is 1. The van der Waals surface area contributed by atoms with Gasteiger partial charge in [-0.15, -0.1) is 3.89 Å². The van der Waals surface area contributed by atoms with Crippen molar-refractivity contribution in [1.82, 2.24) is 9.97 Å². The molecule has 1 heterocycles. The molecule has 0 bridgehead atoms. The van der Waals surface area contributed by atoms with Gasteiger partial charge in [0.05, 0.1) is 5.69 Å². The highest BCUT2D eigenvalue weighted by molar-refractivity contribution is 7.85. The van der Waals surface area contributed by atoms with Gasteiger partial charge in [-0.3, -0.25) is 0 Å². The number of hydrogen-bond donors (Lipinski definition) is 0. The monoisotopic (exact) mass is 224 g/mol. The fraction of sp³-hybridized carbons (Fsp3) is 0.333. The molecule has 0 unspecified atom stereocenters. The lowest BCUT2D eigenvalue weighted by Gasteiger charge is -1.98. The Morgan fingerprint density at radius 1 is 1.54 bits per heavy atom. The Bertz CT molecular complexity index is 400. The highest BCUT2D eigenvalue weighted by atomic mass is 35.5. The van der Waals surface area contributed by atoms with Crippen molar-refractivity contribution in [3.63, 3.8) is 0 Å². The van der Waals surface area contributed by atoms with E-state index in [0.717, 1.165) is 0 Å². The van der Waals surface area contributed by atoms with Gasteiger partial charge in [0.1, 0.15) is 5.75 Å². The molecule has 1 aromatic heterocycles. The third-order valence-corrected chi connectivity index (χ3v) is 2.01. The van der Waals surface area contributed by atoms with Gasteiger partial charge < -0.3 is 0 Å². The lowest BCUT2D eigenvalue weighted by atomic mass is 10.4. The van der Waals surface area contributed by atoms with E-state index in [1.54, 1.807) is 6.92 Å². The van der Waals surface area contributed by atoms with Crippen molar-refractivity contribution in [3.8, 4) is 0 Å². The third-order valence-electron chi connectivity index (χ3n) is 1.20. The summed E-state index contributed by atoms with van der Waals surface area (Å²) in [6.07, 6.45) is 0. The number of hydrogen-bond acceptors (Lipinski definition) is 4. The number of rotatable bonds is 2. The molecular formula is C6H6ClFN2O2S. The zero-order valence-corrected chi connectivity index (χ0v) is 8.23. The van der Waals surface area contributed by atoms with Crippen LogP contribution in [0, 0.1) is 6.92 Å². The van der Waals surface area contributed by atoms with E-state index in [9.17, 15) is 12.3 Å². The highest BCUT2D eigenvalue weighted by Gasteiger charge is 2.11. The molecule has 0 amide bonds. The summed E-state index contributed by atoms with van der Waals surface area (Å²) in [5.41, 5.74) is 0.554. The molecular weight excluding hydrogens is 219 g/mol. The Kier molecular flexibility index (Phi) is 2.82. The topological polar surface area (TPSA) is 59.9 Å². The van der Waals surface area contributed by atoms with Gasteiger partial charge in [-0.1, -0.05) is 0 Å². The zero-order chi connectivity index (χ0) is 10.1. The Morgan fingerprint density at radius 3 is 2.62 bits per heavy atom. The largest absolute Gasteiger partial charge is 0.308 e. The minimum atomic E-state index is -4.56. The average molecular weight is 225 g/mol. The molecule has 0 saturated carbocycles. The predicted octanol–water partition coefficient (Wildman–Crippen LogP) is 1.24. The SMILES string of the molecule is Cc1cc(CS(=O)(=O)F)nc(Cl)n1. The summed E-state index contributed by atoms with van der Waals surface area (Å²) in [4.78, 5) is 7.26. The van der Waals surface area contributed by atoms with E-state index in [2.05, 4.69) is 9.97 Å². The summed E-state index contributed by atoms with van der Waals surface area (Å²) in [6, 6.07) is 1.36. The summed E-state index contributed by atoms with van der Waals surface area (Å²) in [5, 5.41) is -0.0846. The van der Waals surface area contributed by atoms with E-state index in [1.807, 2.05) is 0 Å². The molecule has 0 aliphatic rings. The second kappa shape index (κ2) is 3.55. The minimum absolute atomic E-state index is 0.0556. The maximum Gasteiger partial charge on any atom is 0.308 e. The van der Waals surface area contributed by atoms with Crippen LogP contribution in [0.4, 0.5) is 3.89 Å².